The minimum absolute atomic E-state index is 0.0427. The quantitative estimate of drug-likeness (QED) is 0.456. The van der Waals surface area contributed by atoms with E-state index in [1.54, 1.807) is 11.0 Å². The predicted octanol–water partition coefficient (Wildman–Crippen LogP) is 5.08. The van der Waals surface area contributed by atoms with Gasteiger partial charge in [0, 0.05) is 38.4 Å². The number of rotatable bonds is 3. The van der Waals surface area contributed by atoms with Gasteiger partial charge >= 0.3 is 6.18 Å². The van der Waals surface area contributed by atoms with Crippen LogP contribution in [0.25, 0.3) is 5.65 Å². The summed E-state index contributed by atoms with van der Waals surface area (Å²) in [5, 5.41) is 4.93. The molecule has 0 unspecified atom stereocenters. The lowest BCUT2D eigenvalue weighted by molar-refractivity contribution is -0.142. The molecule has 1 aliphatic rings. The van der Waals surface area contributed by atoms with Gasteiger partial charge in [0.2, 0.25) is 0 Å². The maximum Gasteiger partial charge on any atom is 0.433 e. The monoisotopic (exact) mass is 549 g/mol. The van der Waals surface area contributed by atoms with E-state index in [1.165, 1.54) is 6.92 Å². The van der Waals surface area contributed by atoms with Crippen LogP contribution in [0.5, 0.6) is 0 Å². The standard InChI is InChI=1S/C20H17BrCl2F3N5O/c1-11-8-15(20(24,25)26)31-18(27-11)16(21)17(28-31)19(32)30-6-4-29(5-7-30)10-12-2-3-13(22)14(23)9-12/h2-3,8-9H,4-7,10H2,1H3. The average Bonchev–Trinajstić information content (AvgIpc) is 3.06. The first kappa shape index (κ1) is 23.3. The molecule has 1 aliphatic heterocycles. The van der Waals surface area contributed by atoms with Gasteiger partial charge in [0.25, 0.3) is 5.91 Å². The summed E-state index contributed by atoms with van der Waals surface area (Å²) in [5.41, 5.74) is 0.0698. The first-order valence-electron chi connectivity index (χ1n) is 9.63. The highest BCUT2D eigenvalue weighted by atomic mass is 79.9. The molecular weight excluding hydrogens is 534 g/mol. The van der Waals surface area contributed by atoms with Gasteiger partial charge in [-0.15, -0.1) is 0 Å². The molecule has 170 valence electrons. The minimum atomic E-state index is -4.63. The molecule has 0 N–H and O–H groups in total. The van der Waals surface area contributed by atoms with E-state index in [1.807, 2.05) is 12.1 Å². The zero-order chi connectivity index (χ0) is 23.2. The Hall–Kier alpha value is -1.88. The maximum atomic E-state index is 13.4. The first-order chi connectivity index (χ1) is 15.0. The highest BCUT2D eigenvalue weighted by Crippen LogP contribution is 2.33. The van der Waals surface area contributed by atoms with E-state index in [-0.39, 0.29) is 21.5 Å². The summed E-state index contributed by atoms with van der Waals surface area (Å²) in [7, 11) is 0. The third kappa shape index (κ3) is 4.59. The molecule has 0 saturated carbocycles. The van der Waals surface area contributed by atoms with Gasteiger partial charge < -0.3 is 4.90 Å². The largest absolute Gasteiger partial charge is 0.433 e. The Morgan fingerprint density at radius 1 is 1.12 bits per heavy atom. The van der Waals surface area contributed by atoms with Crippen molar-refractivity contribution in [3.05, 3.63) is 61.4 Å². The SMILES string of the molecule is Cc1cc(C(F)(F)F)n2nc(C(=O)N3CCN(Cc4ccc(Cl)c(Cl)c4)CC3)c(Br)c2n1. The Morgan fingerprint density at radius 2 is 1.81 bits per heavy atom. The van der Waals surface area contributed by atoms with E-state index in [0.29, 0.717) is 47.3 Å². The van der Waals surface area contributed by atoms with Crippen LogP contribution in [-0.2, 0) is 12.7 Å². The van der Waals surface area contributed by atoms with Crippen LogP contribution < -0.4 is 0 Å². The van der Waals surface area contributed by atoms with Crippen LogP contribution in [0.3, 0.4) is 0 Å². The number of amides is 1. The lowest BCUT2D eigenvalue weighted by Crippen LogP contribution is -2.48. The van der Waals surface area contributed by atoms with Gasteiger partial charge in [-0.25, -0.2) is 9.50 Å². The number of carbonyl (C=O) groups excluding carboxylic acids is 1. The highest BCUT2D eigenvalue weighted by molar-refractivity contribution is 9.10. The lowest BCUT2D eigenvalue weighted by atomic mass is 10.2. The summed E-state index contributed by atoms with van der Waals surface area (Å²) in [6.45, 7) is 4.14. The van der Waals surface area contributed by atoms with Crippen LogP contribution in [0.1, 0.15) is 27.4 Å². The lowest BCUT2D eigenvalue weighted by Gasteiger charge is -2.34. The molecule has 6 nitrogen and oxygen atoms in total. The molecule has 0 radical (unpaired) electrons. The van der Waals surface area contributed by atoms with Crippen LogP contribution in [0, 0.1) is 6.92 Å². The fraction of sp³-hybridized carbons (Fsp3) is 0.350. The molecule has 0 bridgehead atoms. The number of nitrogens with zero attached hydrogens (tertiary/aromatic N) is 5. The zero-order valence-electron chi connectivity index (χ0n) is 16.8. The van der Waals surface area contributed by atoms with Gasteiger partial charge in [-0.05, 0) is 46.6 Å². The van der Waals surface area contributed by atoms with Crippen molar-refractivity contribution in [2.45, 2.75) is 19.6 Å². The van der Waals surface area contributed by atoms with E-state index in [4.69, 9.17) is 23.2 Å². The van der Waals surface area contributed by atoms with Crippen molar-refractivity contribution in [3.63, 3.8) is 0 Å². The number of piperazine rings is 1. The average molecular weight is 551 g/mol. The van der Waals surface area contributed by atoms with Crippen molar-refractivity contribution in [1.82, 2.24) is 24.4 Å². The fourth-order valence-corrected chi connectivity index (χ4v) is 4.43. The van der Waals surface area contributed by atoms with E-state index in [0.717, 1.165) is 11.6 Å². The second kappa shape index (κ2) is 8.81. The second-order valence-electron chi connectivity index (χ2n) is 7.50. The van der Waals surface area contributed by atoms with Crippen LogP contribution >= 0.6 is 39.1 Å². The Bertz CT molecular complexity index is 1190. The molecule has 0 atom stereocenters. The van der Waals surface area contributed by atoms with Gasteiger partial charge in [0.1, 0.15) is 5.69 Å². The Balaban J connectivity index is 1.51. The fourth-order valence-electron chi connectivity index (χ4n) is 3.61. The number of aromatic nitrogens is 3. The predicted molar refractivity (Wildman–Crippen MR) is 118 cm³/mol. The number of fused-ring (bicyclic) bond motifs is 1. The molecule has 1 saturated heterocycles. The van der Waals surface area contributed by atoms with E-state index in [9.17, 15) is 18.0 Å². The summed E-state index contributed by atoms with van der Waals surface area (Å²) >= 11 is 15.3. The molecule has 12 heteroatoms. The van der Waals surface area contributed by atoms with Crippen molar-refractivity contribution in [2.24, 2.45) is 0 Å². The maximum absolute atomic E-state index is 13.4. The van der Waals surface area contributed by atoms with E-state index >= 15 is 0 Å². The van der Waals surface area contributed by atoms with Crippen molar-refractivity contribution in [1.29, 1.82) is 0 Å². The van der Waals surface area contributed by atoms with Crippen molar-refractivity contribution in [2.75, 3.05) is 26.2 Å². The normalized spacial score (nSPS) is 15.5. The molecule has 0 spiro atoms. The number of carbonyl (C=O) groups is 1. The van der Waals surface area contributed by atoms with Gasteiger partial charge in [-0.3, -0.25) is 9.69 Å². The number of hydrogen-bond acceptors (Lipinski definition) is 4. The molecule has 1 aromatic carbocycles. The number of aryl methyl sites for hydroxylation is 1. The number of halogens is 6. The summed E-state index contributed by atoms with van der Waals surface area (Å²) in [6.07, 6.45) is -4.63. The Morgan fingerprint density at radius 3 is 2.44 bits per heavy atom. The van der Waals surface area contributed by atoms with Crippen molar-refractivity contribution in [3.8, 4) is 0 Å². The minimum Gasteiger partial charge on any atom is -0.335 e. The smallest absolute Gasteiger partial charge is 0.335 e. The number of benzene rings is 1. The van der Waals surface area contributed by atoms with Crippen molar-refractivity contribution < 1.29 is 18.0 Å². The molecule has 2 aromatic heterocycles. The van der Waals surface area contributed by atoms with Crippen LogP contribution in [-0.4, -0.2) is 56.5 Å². The number of hydrogen-bond donors (Lipinski definition) is 0. The van der Waals surface area contributed by atoms with Crippen molar-refractivity contribution >= 4 is 50.7 Å². The topological polar surface area (TPSA) is 53.7 Å². The molecule has 3 aromatic rings. The molecule has 4 rings (SSSR count). The molecular formula is C20H17BrCl2F3N5O. The molecule has 1 fully saturated rings. The second-order valence-corrected chi connectivity index (χ2v) is 9.10. The van der Waals surface area contributed by atoms with Gasteiger partial charge in [-0.1, -0.05) is 29.3 Å². The summed E-state index contributed by atoms with van der Waals surface area (Å²) in [6, 6.07) is 6.35. The van der Waals surface area contributed by atoms with Gasteiger partial charge in [-0.2, -0.15) is 18.3 Å². The number of alkyl halides is 3. The summed E-state index contributed by atoms with van der Waals surface area (Å²) < 4.78 is 41.1. The van der Waals surface area contributed by atoms with E-state index in [2.05, 4.69) is 30.9 Å². The van der Waals surface area contributed by atoms with E-state index < -0.39 is 17.8 Å². The highest BCUT2D eigenvalue weighted by Gasteiger charge is 2.36. The first-order valence-corrected chi connectivity index (χ1v) is 11.2. The third-order valence-corrected chi connectivity index (χ3v) is 6.67. The third-order valence-electron chi connectivity index (χ3n) is 5.20. The molecule has 32 heavy (non-hydrogen) atoms. The molecule has 0 aliphatic carbocycles. The van der Waals surface area contributed by atoms with Crippen LogP contribution in [0.15, 0.2) is 28.7 Å². The molecule has 3 heterocycles. The Labute approximate surface area is 200 Å². The summed E-state index contributed by atoms with van der Waals surface area (Å²) in [5.74, 6) is -0.442. The van der Waals surface area contributed by atoms with Crippen LogP contribution in [0.4, 0.5) is 13.2 Å². The summed E-state index contributed by atoms with van der Waals surface area (Å²) in [4.78, 5) is 20.9. The van der Waals surface area contributed by atoms with Gasteiger partial charge in [0.15, 0.2) is 11.3 Å². The Kier molecular flexibility index (Phi) is 6.41. The molecule has 1 amide bonds. The zero-order valence-corrected chi connectivity index (χ0v) is 19.9. The van der Waals surface area contributed by atoms with Crippen LogP contribution in [0.2, 0.25) is 10.0 Å². The van der Waals surface area contributed by atoms with Gasteiger partial charge in [0.05, 0.1) is 14.5 Å².